The highest BCUT2D eigenvalue weighted by Crippen LogP contribution is 2.24. The van der Waals surface area contributed by atoms with Crippen LogP contribution in [0, 0.1) is 0 Å². The Balaban J connectivity index is 2.25. The molecule has 0 spiro atoms. The fourth-order valence-electron chi connectivity index (χ4n) is 10.0. The van der Waals surface area contributed by atoms with Crippen LogP contribution in [0.4, 0.5) is 0 Å². The largest absolute Gasteiger partial charge is 0.394 e. The van der Waals surface area contributed by atoms with Crippen molar-refractivity contribution < 1.29 is 50.0 Å². The lowest BCUT2D eigenvalue weighted by Crippen LogP contribution is -2.60. The Labute approximate surface area is 424 Å². The van der Waals surface area contributed by atoms with Crippen molar-refractivity contribution in [1.29, 1.82) is 0 Å². The molecule has 0 aromatic rings. The summed E-state index contributed by atoms with van der Waals surface area (Å²) < 4.78 is 11.2. The van der Waals surface area contributed by atoms with Gasteiger partial charge in [-0.1, -0.05) is 284 Å². The number of nitrogens with one attached hydrogen (secondary N) is 1. The van der Waals surface area contributed by atoms with E-state index >= 15 is 0 Å². The van der Waals surface area contributed by atoms with Gasteiger partial charge in [0.2, 0.25) is 5.91 Å². The highest BCUT2D eigenvalue weighted by Gasteiger charge is 2.44. The number of hydrogen-bond acceptors (Lipinski definition) is 10. The average molecular weight is 987 g/mol. The zero-order valence-corrected chi connectivity index (χ0v) is 45.1. The molecule has 11 heteroatoms. The molecule has 1 amide bonds. The van der Waals surface area contributed by atoms with E-state index in [0.29, 0.717) is 19.3 Å². The Morgan fingerprint density at radius 3 is 1.07 bits per heavy atom. The minimum atomic E-state index is -1.66. The van der Waals surface area contributed by atoms with Crippen LogP contribution in [0.1, 0.15) is 296 Å². The minimum Gasteiger partial charge on any atom is -0.394 e. The molecule has 9 unspecified atom stereocenters. The Bertz CT molecular complexity index is 1090. The molecule has 69 heavy (non-hydrogen) atoms. The van der Waals surface area contributed by atoms with Crippen LogP contribution in [0.5, 0.6) is 0 Å². The summed E-state index contributed by atoms with van der Waals surface area (Å²) >= 11 is 0. The fourth-order valence-corrected chi connectivity index (χ4v) is 10.0. The second kappa shape index (κ2) is 48.1. The lowest BCUT2D eigenvalue weighted by Gasteiger charge is -2.40. The van der Waals surface area contributed by atoms with Crippen molar-refractivity contribution >= 4 is 5.91 Å². The van der Waals surface area contributed by atoms with Gasteiger partial charge in [-0.25, -0.2) is 0 Å². The van der Waals surface area contributed by atoms with Crippen molar-refractivity contribution in [2.75, 3.05) is 13.2 Å². The first-order valence-corrected chi connectivity index (χ1v) is 29.9. The van der Waals surface area contributed by atoms with Crippen LogP contribution in [-0.4, -0.2) is 110 Å². The molecule has 0 aromatic heterocycles. The number of unbranched alkanes of at least 4 members (excludes halogenated alkanes) is 40. The molecule has 0 aromatic carbocycles. The molecule has 0 radical (unpaired) electrons. The van der Waals surface area contributed by atoms with E-state index in [1.807, 2.05) is 0 Å². The zero-order valence-electron chi connectivity index (χ0n) is 45.1. The molecule has 1 heterocycles. The molecule has 1 rings (SSSR count). The lowest BCUT2D eigenvalue weighted by molar-refractivity contribution is -0.303. The molecule has 1 saturated heterocycles. The van der Waals surface area contributed by atoms with Crippen LogP contribution in [0.15, 0.2) is 0 Å². The van der Waals surface area contributed by atoms with Crippen LogP contribution in [0.3, 0.4) is 0 Å². The fraction of sp³-hybridized carbons (Fsp3) is 0.983. The average Bonchev–Trinajstić information content (AvgIpc) is 3.35. The molecule has 8 N–H and O–H groups in total. The second-order valence-electron chi connectivity index (χ2n) is 21.4. The summed E-state index contributed by atoms with van der Waals surface area (Å²) in [5.41, 5.74) is 0. The van der Waals surface area contributed by atoms with Gasteiger partial charge in [-0.15, -0.1) is 0 Å². The highest BCUT2D eigenvalue weighted by molar-refractivity contribution is 5.80. The van der Waals surface area contributed by atoms with Crippen LogP contribution >= 0.6 is 0 Å². The zero-order chi connectivity index (χ0) is 50.4. The topological polar surface area (TPSA) is 189 Å². The first-order valence-electron chi connectivity index (χ1n) is 29.9. The van der Waals surface area contributed by atoms with Crippen LogP contribution < -0.4 is 5.32 Å². The van der Waals surface area contributed by atoms with E-state index in [0.717, 1.165) is 38.5 Å². The predicted molar refractivity (Wildman–Crippen MR) is 284 cm³/mol. The van der Waals surface area contributed by atoms with Crippen LogP contribution in [0.2, 0.25) is 0 Å². The molecule has 1 aliphatic rings. The number of amides is 1. The number of hydrogen-bond donors (Lipinski definition) is 8. The third kappa shape index (κ3) is 36.6. The SMILES string of the molecule is CCCCCCCCCCCCCCCCCCCCCCCCCCCCCC(O)C(O)C(COC1OC(CO)C(O)C(O)C1O)NC(=O)C(O)CCCCCCCCCCCCCCCCC. The maximum Gasteiger partial charge on any atom is 0.249 e. The predicted octanol–water partition coefficient (Wildman–Crippen LogP) is 12.6. The van der Waals surface area contributed by atoms with Crippen LogP contribution in [0.25, 0.3) is 0 Å². The quantitative estimate of drug-likeness (QED) is 0.0272. The summed E-state index contributed by atoms with van der Waals surface area (Å²) in [5.74, 6) is -0.690. The van der Waals surface area contributed by atoms with Crippen molar-refractivity contribution in [2.24, 2.45) is 0 Å². The third-order valence-electron chi connectivity index (χ3n) is 14.9. The van der Waals surface area contributed by atoms with Crippen molar-refractivity contribution in [1.82, 2.24) is 5.32 Å². The summed E-state index contributed by atoms with van der Waals surface area (Å²) in [6.07, 6.45) is 43.1. The smallest absolute Gasteiger partial charge is 0.249 e. The highest BCUT2D eigenvalue weighted by atomic mass is 16.7. The number of rotatable bonds is 52. The maximum atomic E-state index is 13.2. The summed E-state index contributed by atoms with van der Waals surface area (Å²) in [4.78, 5) is 13.2. The van der Waals surface area contributed by atoms with Crippen LogP contribution in [-0.2, 0) is 14.3 Å². The number of aliphatic hydroxyl groups excluding tert-OH is 7. The Hall–Kier alpha value is -0.890. The van der Waals surface area contributed by atoms with Gasteiger partial charge in [-0.05, 0) is 12.8 Å². The van der Waals surface area contributed by atoms with Gasteiger partial charge in [0.1, 0.15) is 36.6 Å². The van der Waals surface area contributed by atoms with E-state index in [9.17, 15) is 40.5 Å². The number of carbonyl (C=O) groups excluding carboxylic acids is 1. The van der Waals surface area contributed by atoms with Gasteiger partial charge in [0.25, 0.3) is 0 Å². The van der Waals surface area contributed by atoms with Gasteiger partial charge in [0.15, 0.2) is 6.29 Å². The summed E-state index contributed by atoms with van der Waals surface area (Å²) in [7, 11) is 0. The molecule has 11 nitrogen and oxygen atoms in total. The van der Waals surface area contributed by atoms with E-state index < -0.39 is 74.2 Å². The molecule has 9 atom stereocenters. The Morgan fingerprint density at radius 2 is 0.754 bits per heavy atom. The van der Waals surface area contributed by atoms with E-state index in [1.54, 1.807) is 0 Å². The summed E-state index contributed by atoms with van der Waals surface area (Å²) in [5, 5.41) is 76.2. The van der Waals surface area contributed by atoms with Crippen molar-refractivity contribution in [3.05, 3.63) is 0 Å². The first-order chi connectivity index (χ1) is 33.7. The molecule has 0 saturated carbocycles. The lowest BCUT2D eigenvalue weighted by atomic mass is 9.98. The maximum absolute atomic E-state index is 13.2. The van der Waals surface area contributed by atoms with E-state index in [-0.39, 0.29) is 6.42 Å². The molecule has 1 fully saturated rings. The molecule has 0 bridgehead atoms. The first kappa shape index (κ1) is 66.1. The van der Waals surface area contributed by atoms with Gasteiger partial charge in [0, 0.05) is 0 Å². The molecule has 412 valence electrons. The van der Waals surface area contributed by atoms with Crippen molar-refractivity contribution in [2.45, 2.75) is 351 Å². The van der Waals surface area contributed by atoms with E-state index in [4.69, 9.17) is 9.47 Å². The molecule has 0 aliphatic carbocycles. The molecule has 1 aliphatic heterocycles. The molecular weight excluding hydrogens is 871 g/mol. The van der Waals surface area contributed by atoms with Crippen molar-refractivity contribution in [3.63, 3.8) is 0 Å². The minimum absolute atomic E-state index is 0.267. The van der Waals surface area contributed by atoms with Gasteiger partial charge >= 0.3 is 0 Å². The van der Waals surface area contributed by atoms with Gasteiger partial charge in [-0.3, -0.25) is 4.79 Å². The standard InChI is InChI=1S/C58H115NO10/c1-3-5-7-9-11-13-15-17-19-20-21-22-23-24-25-26-27-28-29-30-32-33-35-37-39-41-43-45-50(61)53(63)49(48-68-58-56(66)55(65)54(64)52(47-60)69-58)59-57(67)51(62)46-44-42-40-38-36-34-31-18-16-14-12-10-8-6-4-2/h49-56,58,60-66H,3-48H2,1-2H3,(H,59,67). The summed E-state index contributed by atoms with van der Waals surface area (Å²) in [6.45, 7) is 3.49. The van der Waals surface area contributed by atoms with Gasteiger partial charge in [0.05, 0.1) is 25.4 Å². The normalized spacial score (nSPS) is 20.3. The third-order valence-corrected chi connectivity index (χ3v) is 14.9. The Morgan fingerprint density at radius 1 is 0.449 bits per heavy atom. The summed E-state index contributed by atoms with van der Waals surface area (Å²) in [6, 6.07) is -1.16. The van der Waals surface area contributed by atoms with E-state index in [2.05, 4.69) is 19.2 Å². The van der Waals surface area contributed by atoms with Gasteiger partial charge in [-0.2, -0.15) is 0 Å². The molecular formula is C58H115NO10. The Kier molecular flexibility index (Phi) is 46.1. The number of carbonyl (C=O) groups is 1. The van der Waals surface area contributed by atoms with E-state index in [1.165, 1.54) is 218 Å². The van der Waals surface area contributed by atoms with Crippen molar-refractivity contribution in [3.8, 4) is 0 Å². The number of ether oxygens (including phenoxy) is 2. The second-order valence-corrected chi connectivity index (χ2v) is 21.4. The van der Waals surface area contributed by atoms with Gasteiger partial charge < -0.3 is 50.5 Å². The monoisotopic (exact) mass is 986 g/mol. The number of aliphatic hydroxyl groups is 7.